The first kappa shape index (κ1) is 10.0. The summed E-state index contributed by atoms with van der Waals surface area (Å²) in [6.45, 7) is 0.894. The Labute approximate surface area is 73.0 Å². The van der Waals surface area contributed by atoms with E-state index in [9.17, 15) is 18.0 Å². The number of hydrogen-bond acceptors (Lipinski definition) is 2. The average molecular weight is 194 g/mol. The number of alkyl halides is 3. The molecule has 0 aromatic heterocycles. The first-order valence-electron chi connectivity index (χ1n) is 3.78. The van der Waals surface area contributed by atoms with Crippen molar-refractivity contribution in [3.05, 3.63) is 11.6 Å². The predicted octanol–water partition coefficient (Wildman–Crippen LogP) is 0.542. The van der Waals surface area contributed by atoms with Crippen LogP contribution in [0.4, 0.5) is 13.2 Å². The Morgan fingerprint density at radius 1 is 1.54 bits per heavy atom. The molecule has 3 nitrogen and oxygen atoms in total. The van der Waals surface area contributed by atoms with Crippen molar-refractivity contribution in [3.8, 4) is 0 Å². The molecule has 74 valence electrons. The van der Waals surface area contributed by atoms with Crippen LogP contribution in [0.1, 0.15) is 6.42 Å². The van der Waals surface area contributed by atoms with Gasteiger partial charge in [-0.3, -0.25) is 10.1 Å². The lowest BCUT2D eigenvalue weighted by atomic mass is 10.1. The summed E-state index contributed by atoms with van der Waals surface area (Å²) in [7, 11) is 0. The number of carbonyl (C=O) groups excluding carboxylic acids is 1. The van der Waals surface area contributed by atoms with Gasteiger partial charge in [0.1, 0.15) is 0 Å². The standard InChI is InChI=1S/C7H9F3N2O/c8-7(9,10)12-6(13)5-2-1-3-11-4-5/h2,11H,1,3-4H2,(H,12,13). The Bertz CT molecular complexity index is 234. The molecule has 1 amide bonds. The summed E-state index contributed by atoms with van der Waals surface area (Å²) in [5.74, 6) is -1.07. The van der Waals surface area contributed by atoms with Crippen LogP contribution in [0.3, 0.4) is 0 Å². The molecule has 0 aromatic rings. The van der Waals surface area contributed by atoms with Crippen molar-refractivity contribution in [3.63, 3.8) is 0 Å². The number of carbonyl (C=O) groups is 1. The zero-order chi connectivity index (χ0) is 9.90. The molecule has 1 rings (SSSR count). The van der Waals surface area contributed by atoms with E-state index in [0.717, 1.165) is 5.32 Å². The second-order valence-electron chi connectivity index (χ2n) is 2.65. The topological polar surface area (TPSA) is 41.1 Å². The van der Waals surface area contributed by atoms with Crippen molar-refractivity contribution in [1.29, 1.82) is 0 Å². The highest BCUT2D eigenvalue weighted by atomic mass is 19.4. The summed E-state index contributed by atoms with van der Waals surface area (Å²) in [6.07, 6.45) is -2.55. The van der Waals surface area contributed by atoms with Gasteiger partial charge >= 0.3 is 6.30 Å². The maximum absolute atomic E-state index is 11.7. The molecule has 13 heavy (non-hydrogen) atoms. The lowest BCUT2D eigenvalue weighted by Crippen LogP contribution is -2.41. The van der Waals surface area contributed by atoms with Crippen molar-refractivity contribution in [2.75, 3.05) is 13.1 Å². The fourth-order valence-corrected chi connectivity index (χ4v) is 1.03. The fourth-order valence-electron chi connectivity index (χ4n) is 1.03. The largest absolute Gasteiger partial charge is 0.484 e. The Morgan fingerprint density at radius 3 is 2.69 bits per heavy atom. The lowest BCUT2D eigenvalue weighted by Gasteiger charge is -2.15. The van der Waals surface area contributed by atoms with E-state index in [1.165, 1.54) is 6.08 Å². The van der Waals surface area contributed by atoms with Crippen LogP contribution in [0.25, 0.3) is 0 Å². The average Bonchev–Trinajstić information content (AvgIpc) is 2.03. The number of halogens is 3. The Hall–Kier alpha value is -1.04. The van der Waals surface area contributed by atoms with Crippen LogP contribution in [0.5, 0.6) is 0 Å². The minimum Gasteiger partial charge on any atom is -0.312 e. The highest BCUT2D eigenvalue weighted by molar-refractivity contribution is 5.94. The molecule has 0 unspecified atom stereocenters. The van der Waals surface area contributed by atoms with E-state index in [2.05, 4.69) is 5.32 Å². The van der Waals surface area contributed by atoms with Crippen LogP contribution in [0.15, 0.2) is 11.6 Å². The normalized spacial score (nSPS) is 17.9. The van der Waals surface area contributed by atoms with Gasteiger partial charge in [0.25, 0.3) is 5.91 Å². The van der Waals surface area contributed by atoms with Gasteiger partial charge in [-0.15, -0.1) is 0 Å². The van der Waals surface area contributed by atoms with Crippen LogP contribution in [-0.4, -0.2) is 25.3 Å². The van der Waals surface area contributed by atoms with Crippen molar-refractivity contribution < 1.29 is 18.0 Å². The molecule has 0 spiro atoms. The first-order valence-corrected chi connectivity index (χ1v) is 3.78. The van der Waals surface area contributed by atoms with Crippen LogP contribution in [0, 0.1) is 0 Å². The van der Waals surface area contributed by atoms with Gasteiger partial charge in [-0.25, -0.2) is 0 Å². The molecule has 0 aliphatic carbocycles. The molecule has 6 heteroatoms. The van der Waals surface area contributed by atoms with E-state index < -0.39 is 12.2 Å². The van der Waals surface area contributed by atoms with Gasteiger partial charge in [0, 0.05) is 12.1 Å². The molecular weight excluding hydrogens is 185 g/mol. The summed E-state index contributed by atoms with van der Waals surface area (Å²) in [6, 6.07) is 0. The molecule has 0 radical (unpaired) electrons. The van der Waals surface area contributed by atoms with Crippen LogP contribution < -0.4 is 10.6 Å². The van der Waals surface area contributed by atoms with Crippen LogP contribution >= 0.6 is 0 Å². The second kappa shape index (κ2) is 3.78. The predicted molar refractivity (Wildman–Crippen MR) is 39.8 cm³/mol. The van der Waals surface area contributed by atoms with E-state index in [-0.39, 0.29) is 12.1 Å². The molecule has 1 aliphatic heterocycles. The van der Waals surface area contributed by atoms with Crippen molar-refractivity contribution in [1.82, 2.24) is 10.6 Å². The van der Waals surface area contributed by atoms with E-state index in [1.54, 1.807) is 0 Å². The summed E-state index contributed by atoms with van der Waals surface area (Å²) in [4.78, 5) is 10.9. The fraction of sp³-hybridized carbons (Fsp3) is 0.571. The Kier molecular flexibility index (Phi) is 2.92. The van der Waals surface area contributed by atoms with Gasteiger partial charge in [0.05, 0.1) is 0 Å². The van der Waals surface area contributed by atoms with E-state index >= 15 is 0 Å². The van der Waals surface area contributed by atoms with Gasteiger partial charge in [-0.2, -0.15) is 13.2 Å². The summed E-state index contributed by atoms with van der Waals surface area (Å²) in [5.41, 5.74) is 0.142. The van der Waals surface area contributed by atoms with Crippen molar-refractivity contribution >= 4 is 5.91 Å². The highest BCUT2D eigenvalue weighted by Crippen LogP contribution is 2.11. The zero-order valence-corrected chi connectivity index (χ0v) is 6.74. The third-order valence-corrected chi connectivity index (χ3v) is 1.57. The van der Waals surface area contributed by atoms with Crippen molar-refractivity contribution in [2.45, 2.75) is 12.7 Å². The molecule has 2 N–H and O–H groups in total. The lowest BCUT2D eigenvalue weighted by molar-refractivity contribution is -0.167. The van der Waals surface area contributed by atoms with E-state index in [0.29, 0.717) is 13.0 Å². The number of nitrogens with one attached hydrogen (secondary N) is 2. The monoisotopic (exact) mass is 194 g/mol. The van der Waals surface area contributed by atoms with Gasteiger partial charge in [-0.1, -0.05) is 6.08 Å². The third kappa shape index (κ3) is 3.45. The molecule has 0 fully saturated rings. The SMILES string of the molecule is O=C(NC(F)(F)F)C1=CCCNC1. The minimum atomic E-state index is -4.64. The van der Waals surface area contributed by atoms with Gasteiger partial charge in [0.2, 0.25) is 0 Å². The number of rotatable bonds is 1. The van der Waals surface area contributed by atoms with Gasteiger partial charge in [0.15, 0.2) is 0 Å². The molecular formula is C7H9F3N2O. The maximum atomic E-state index is 11.7. The Balaban J connectivity index is 2.52. The Morgan fingerprint density at radius 2 is 2.23 bits per heavy atom. The van der Waals surface area contributed by atoms with Crippen LogP contribution in [0.2, 0.25) is 0 Å². The number of amides is 1. The zero-order valence-electron chi connectivity index (χ0n) is 6.74. The highest BCUT2D eigenvalue weighted by Gasteiger charge is 2.31. The summed E-state index contributed by atoms with van der Waals surface area (Å²) < 4.78 is 35.0. The third-order valence-electron chi connectivity index (χ3n) is 1.57. The summed E-state index contributed by atoms with van der Waals surface area (Å²) >= 11 is 0. The number of hydrogen-bond donors (Lipinski definition) is 2. The second-order valence-corrected chi connectivity index (χ2v) is 2.65. The molecule has 0 aromatic carbocycles. The first-order chi connectivity index (χ1) is 5.99. The molecule has 0 atom stereocenters. The smallest absolute Gasteiger partial charge is 0.312 e. The quantitative estimate of drug-likeness (QED) is 0.598. The molecule has 0 saturated heterocycles. The van der Waals surface area contributed by atoms with Crippen molar-refractivity contribution in [2.24, 2.45) is 0 Å². The molecule has 1 aliphatic rings. The van der Waals surface area contributed by atoms with E-state index in [1.807, 2.05) is 0 Å². The molecule has 0 bridgehead atoms. The van der Waals surface area contributed by atoms with Gasteiger partial charge < -0.3 is 5.32 Å². The molecule has 0 saturated carbocycles. The summed E-state index contributed by atoms with van der Waals surface area (Å²) in [5, 5.41) is 3.75. The minimum absolute atomic E-state index is 0.142. The van der Waals surface area contributed by atoms with E-state index in [4.69, 9.17) is 0 Å². The van der Waals surface area contributed by atoms with Gasteiger partial charge in [-0.05, 0) is 13.0 Å². The maximum Gasteiger partial charge on any atom is 0.484 e. The molecule has 1 heterocycles. The van der Waals surface area contributed by atoms with Crippen LogP contribution in [-0.2, 0) is 4.79 Å².